The van der Waals surface area contributed by atoms with Crippen molar-refractivity contribution in [2.24, 2.45) is 5.92 Å². The van der Waals surface area contributed by atoms with Gasteiger partial charge in [-0.3, -0.25) is 0 Å². The lowest BCUT2D eigenvalue weighted by Crippen LogP contribution is -2.40. The van der Waals surface area contributed by atoms with Gasteiger partial charge in [0.1, 0.15) is 18.0 Å². The molecule has 1 saturated carbocycles. The fourth-order valence-corrected chi connectivity index (χ4v) is 5.84. The fourth-order valence-electron chi connectivity index (χ4n) is 5.84. The third-order valence-corrected chi connectivity index (χ3v) is 7.12. The van der Waals surface area contributed by atoms with Crippen molar-refractivity contribution >= 4 is 0 Å². The van der Waals surface area contributed by atoms with Gasteiger partial charge in [-0.05, 0) is 37.0 Å². The van der Waals surface area contributed by atoms with Gasteiger partial charge in [0.25, 0.3) is 0 Å². The van der Waals surface area contributed by atoms with Crippen LogP contribution in [0.4, 0.5) is 0 Å². The summed E-state index contributed by atoms with van der Waals surface area (Å²) < 4.78 is 37.4. The van der Waals surface area contributed by atoms with Crippen LogP contribution in [0.25, 0.3) is 0 Å². The van der Waals surface area contributed by atoms with E-state index in [-0.39, 0.29) is 42.7 Å². The summed E-state index contributed by atoms with van der Waals surface area (Å²) in [6.45, 7) is 0.692. The van der Waals surface area contributed by atoms with E-state index < -0.39 is 5.79 Å². The van der Waals surface area contributed by atoms with Crippen molar-refractivity contribution in [2.75, 3.05) is 13.7 Å². The third-order valence-electron chi connectivity index (χ3n) is 7.12. The summed E-state index contributed by atoms with van der Waals surface area (Å²) >= 11 is 0. The monoisotopic (exact) mass is 388 g/mol. The zero-order valence-electron chi connectivity index (χ0n) is 16.3. The second kappa shape index (κ2) is 6.67. The highest BCUT2D eigenvalue weighted by Crippen LogP contribution is 2.54. The number of hydrogen-bond donors (Lipinski definition) is 0. The Bertz CT molecular complexity index is 731. The van der Waals surface area contributed by atoms with Gasteiger partial charge >= 0.3 is 0 Å². The maximum absolute atomic E-state index is 6.50. The van der Waals surface area contributed by atoms with E-state index in [9.17, 15) is 0 Å². The van der Waals surface area contributed by atoms with E-state index in [0.29, 0.717) is 6.61 Å². The van der Waals surface area contributed by atoms with Gasteiger partial charge in [0.2, 0.25) is 0 Å². The Morgan fingerprint density at radius 2 is 1.89 bits per heavy atom. The van der Waals surface area contributed by atoms with Crippen LogP contribution in [0.5, 0.6) is 5.75 Å². The van der Waals surface area contributed by atoms with E-state index >= 15 is 0 Å². The fraction of sp³-hybridized carbons (Fsp3) is 0.727. The molecule has 4 saturated heterocycles. The molecule has 0 amide bonds. The normalized spacial score (nSPS) is 43.5. The number of fused-ring (bicyclic) bond motifs is 5. The number of hydrogen-bond acceptors (Lipinski definition) is 6. The highest BCUT2D eigenvalue weighted by atomic mass is 16.8. The number of rotatable bonds is 2. The van der Waals surface area contributed by atoms with Gasteiger partial charge in [-0.25, -0.2) is 0 Å². The molecule has 6 nitrogen and oxygen atoms in total. The van der Waals surface area contributed by atoms with Crippen LogP contribution in [-0.4, -0.2) is 50.2 Å². The van der Waals surface area contributed by atoms with Crippen LogP contribution in [0, 0.1) is 5.92 Å². The molecule has 4 heterocycles. The molecular formula is C22H28O6. The quantitative estimate of drug-likeness (QED) is 0.775. The Labute approximate surface area is 165 Å². The van der Waals surface area contributed by atoms with Gasteiger partial charge in [0, 0.05) is 25.4 Å². The standard InChI is InChI=1S/C22H28O6/c1-23-14-7-5-6-13(12-14)17-16-15(8-11-24-17)25-19-18(16)26-21-20(19)27-22(28-21)9-3-2-4-10-22/h5-7,12,15-21H,2-4,8-11H2,1H3/t15-,16-,17-,18+,19-,20+,21+/m0/s1. The molecule has 1 aliphatic carbocycles. The van der Waals surface area contributed by atoms with Crippen molar-refractivity contribution in [3.63, 3.8) is 0 Å². The van der Waals surface area contributed by atoms with Crippen LogP contribution in [-0.2, 0) is 23.7 Å². The first-order valence-corrected chi connectivity index (χ1v) is 10.7. The van der Waals surface area contributed by atoms with E-state index in [0.717, 1.165) is 43.4 Å². The number of benzene rings is 1. The Morgan fingerprint density at radius 1 is 1.00 bits per heavy atom. The predicted molar refractivity (Wildman–Crippen MR) is 98.9 cm³/mol. The summed E-state index contributed by atoms with van der Waals surface area (Å²) in [5.41, 5.74) is 1.12. The molecule has 0 N–H and O–H groups in total. The molecular weight excluding hydrogens is 360 g/mol. The lowest BCUT2D eigenvalue weighted by Gasteiger charge is -2.36. The Kier molecular flexibility index (Phi) is 4.21. The molecule has 152 valence electrons. The molecule has 28 heavy (non-hydrogen) atoms. The van der Waals surface area contributed by atoms with Crippen LogP contribution in [0.15, 0.2) is 24.3 Å². The summed E-state index contributed by atoms with van der Waals surface area (Å²) in [5, 5.41) is 0. The molecule has 1 spiro atoms. The van der Waals surface area contributed by atoms with Crippen LogP contribution < -0.4 is 4.74 Å². The van der Waals surface area contributed by atoms with Crippen molar-refractivity contribution in [2.45, 2.75) is 81.1 Å². The van der Waals surface area contributed by atoms with Crippen LogP contribution >= 0.6 is 0 Å². The minimum Gasteiger partial charge on any atom is -0.497 e. The highest BCUT2D eigenvalue weighted by molar-refractivity contribution is 5.31. The van der Waals surface area contributed by atoms with E-state index in [4.69, 9.17) is 28.4 Å². The molecule has 6 rings (SSSR count). The molecule has 0 bridgehead atoms. The maximum atomic E-state index is 6.50. The van der Waals surface area contributed by atoms with Crippen molar-refractivity contribution in [3.05, 3.63) is 29.8 Å². The van der Waals surface area contributed by atoms with Gasteiger partial charge in [-0.2, -0.15) is 0 Å². The second-order valence-corrected chi connectivity index (χ2v) is 8.71. The SMILES string of the molecule is COc1cccc([C@@H]2OCC[C@@H]3O[C@@H]4[C@H]5OC6(CCCCC6)O[C@H]5O[C@@H]4[C@@H]32)c1. The second-order valence-electron chi connectivity index (χ2n) is 8.71. The van der Waals surface area contributed by atoms with Gasteiger partial charge in [-0.1, -0.05) is 18.6 Å². The van der Waals surface area contributed by atoms with Crippen LogP contribution in [0.2, 0.25) is 0 Å². The molecule has 0 aromatic heterocycles. The van der Waals surface area contributed by atoms with Gasteiger partial charge in [-0.15, -0.1) is 0 Å². The summed E-state index contributed by atoms with van der Waals surface area (Å²) in [4.78, 5) is 0. The first-order chi connectivity index (χ1) is 13.8. The van der Waals surface area contributed by atoms with E-state index in [1.165, 1.54) is 6.42 Å². The minimum atomic E-state index is -0.446. The molecule has 4 aliphatic heterocycles. The van der Waals surface area contributed by atoms with Crippen molar-refractivity contribution in [1.82, 2.24) is 0 Å². The molecule has 5 fully saturated rings. The Hall–Kier alpha value is -1.18. The van der Waals surface area contributed by atoms with Crippen molar-refractivity contribution in [3.8, 4) is 5.75 Å². The molecule has 6 heteroatoms. The zero-order chi connectivity index (χ0) is 18.7. The molecule has 0 radical (unpaired) electrons. The first kappa shape index (κ1) is 17.7. The zero-order valence-corrected chi connectivity index (χ0v) is 16.3. The largest absolute Gasteiger partial charge is 0.497 e. The Morgan fingerprint density at radius 3 is 2.75 bits per heavy atom. The van der Waals surface area contributed by atoms with E-state index in [1.807, 2.05) is 12.1 Å². The predicted octanol–water partition coefficient (Wildman–Crippen LogP) is 3.34. The van der Waals surface area contributed by atoms with E-state index in [2.05, 4.69) is 12.1 Å². The molecule has 7 atom stereocenters. The number of ether oxygens (including phenoxy) is 6. The molecule has 1 aromatic rings. The minimum absolute atomic E-state index is 0.0579. The first-order valence-electron chi connectivity index (χ1n) is 10.7. The third kappa shape index (κ3) is 2.66. The van der Waals surface area contributed by atoms with Crippen LogP contribution in [0.3, 0.4) is 0 Å². The number of methoxy groups -OCH3 is 1. The van der Waals surface area contributed by atoms with Gasteiger partial charge in [0.05, 0.1) is 25.4 Å². The summed E-state index contributed by atoms with van der Waals surface area (Å²) in [7, 11) is 1.69. The maximum Gasteiger partial charge on any atom is 0.190 e. The van der Waals surface area contributed by atoms with Gasteiger partial charge < -0.3 is 28.4 Å². The molecule has 0 unspecified atom stereocenters. The van der Waals surface area contributed by atoms with E-state index in [1.54, 1.807) is 7.11 Å². The summed E-state index contributed by atoms with van der Waals surface area (Å²) in [6, 6.07) is 8.13. The topological polar surface area (TPSA) is 55.4 Å². The molecule has 5 aliphatic rings. The van der Waals surface area contributed by atoms with Crippen molar-refractivity contribution in [1.29, 1.82) is 0 Å². The highest BCUT2D eigenvalue weighted by Gasteiger charge is 2.65. The lowest BCUT2D eigenvalue weighted by molar-refractivity contribution is -0.245. The summed E-state index contributed by atoms with van der Waals surface area (Å²) in [5.74, 6) is 0.540. The van der Waals surface area contributed by atoms with Crippen LogP contribution in [0.1, 0.15) is 50.2 Å². The average molecular weight is 388 g/mol. The smallest absolute Gasteiger partial charge is 0.190 e. The Balaban J connectivity index is 1.25. The lowest BCUT2D eigenvalue weighted by atomic mass is 9.83. The summed E-state index contributed by atoms with van der Waals surface area (Å²) in [6.07, 6.45) is 5.89. The van der Waals surface area contributed by atoms with Gasteiger partial charge in [0.15, 0.2) is 12.1 Å². The van der Waals surface area contributed by atoms with Crippen molar-refractivity contribution < 1.29 is 28.4 Å². The molecule has 1 aromatic carbocycles. The average Bonchev–Trinajstić information content (AvgIpc) is 3.36.